The van der Waals surface area contributed by atoms with E-state index >= 15 is 0 Å². The molecule has 2 aromatic rings. The molecule has 2 saturated heterocycles. The van der Waals surface area contributed by atoms with Crippen molar-refractivity contribution >= 4 is 23.0 Å². The number of carbonyl (C=O) groups excluding carboxylic acids is 2. The molecule has 1 N–H and O–H groups in total. The third-order valence-electron chi connectivity index (χ3n) is 8.13. The topological polar surface area (TPSA) is 94.3 Å². The molecule has 0 radical (unpaired) electrons. The van der Waals surface area contributed by atoms with Crippen LogP contribution < -0.4 is 5.69 Å². The normalized spacial score (nSPS) is 22.7. The summed E-state index contributed by atoms with van der Waals surface area (Å²) < 4.78 is 2.96. The lowest BCUT2D eigenvalue weighted by Crippen LogP contribution is -2.58. The van der Waals surface area contributed by atoms with Gasteiger partial charge in [-0.15, -0.1) is 0 Å². The smallest absolute Gasteiger partial charge is 0.337 e. The van der Waals surface area contributed by atoms with Gasteiger partial charge >= 0.3 is 11.7 Å². The Labute approximate surface area is 217 Å². The highest BCUT2D eigenvalue weighted by Gasteiger charge is 2.41. The highest BCUT2D eigenvalue weighted by Crippen LogP contribution is 2.39. The molecular formula is C27H38N6O4. The first-order valence-corrected chi connectivity index (χ1v) is 13.3. The fourth-order valence-corrected chi connectivity index (χ4v) is 6.05. The number of para-hydroxylation sites is 2. The van der Waals surface area contributed by atoms with E-state index < -0.39 is 6.10 Å². The van der Waals surface area contributed by atoms with E-state index in [0.717, 1.165) is 37.1 Å². The average molecular weight is 511 g/mol. The third-order valence-corrected chi connectivity index (χ3v) is 8.13. The van der Waals surface area contributed by atoms with E-state index in [1.807, 2.05) is 43.0 Å². The van der Waals surface area contributed by atoms with Crippen LogP contribution in [0.4, 0.5) is 4.79 Å². The van der Waals surface area contributed by atoms with Gasteiger partial charge in [0.15, 0.2) is 0 Å². The van der Waals surface area contributed by atoms with Gasteiger partial charge in [0.05, 0.1) is 23.2 Å². The zero-order valence-electron chi connectivity index (χ0n) is 22.2. The Bertz CT molecular complexity index is 1270. The predicted molar refractivity (Wildman–Crippen MR) is 141 cm³/mol. The summed E-state index contributed by atoms with van der Waals surface area (Å²) in [6.45, 7) is 9.63. The van der Waals surface area contributed by atoms with Crippen molar-refractivity contribution in [2.24, 2.45) is 0 Å². The fourth-order valence-electron chi connectivity index (χ4n) is 6.05. The van der Waals surface area contributed by atoms with Crippen LogP contribution in [0.5, 0.6) is 0 Å². The van der Waals surface area contributed by atoms with E-state index in [1.165, 1.54) is 4.57 Å². The number of fused-ring (bicyclic) bond motifs is 3. The summed E-state index contributed by atoms with van der Waals surface area (Å²) in [6, 6.07) is 7.24. The molecule has 1 aromatic carbocycles. The molecule has 2 fully saturated rings. The molecule has 4 heterocycles. The minimum atomic E-state index is -0.480. The van der Waals surface area contributed by atoms with Crippen molar-refractivity contribution in [1.82, 2.24) is 28.7 Å². The molecule has 4 aliphatic rings. The van der Waals surface area contributed by atoms with Crippen LogP contribution in [-0.4, -0.2) is 110 Å². The quantitative estimate of drug-likeness (QED) is 0.634. The second-order valence-corrected chi connectivity index (χ2v) is 10.9. The Morgan fingerprint density at radius 2 is 1.76 bits per heavy atom. The molecule has 1 aromatic heterocycles. The molecule has 2 amide bonds. The zero-order chi connectivity index (χ0) is 26.4. The molecule has 200 valence electrons. The summed E-state index contributed by atoms with van der Waals surface area (Å²) in [7, 11) is 1.77. The highest BCUT2D eigenvalue weighted by molar-refractivity contribution is 5.89. The van der Waals surface area contributed by atoms with E-state index in [9.17, 15) is 19.5 Å². The first-order valence-electron chi connectivity index (χ1n) is 13.3. The van der Waals surface area contributed by atoms with Crippen LogP contribution in [-0.2, 0) is 4.79 Å². The summed E-state index contributed by atoms with van der Waals surface area (Å²) in [6.07, 6.45) is 3.36. The fraction of sp³-hybridized carbons (Fsp3) is 0.593. The maximum absolute atomic E-state index is 13.5. The number of imidazole rings is 1. The molecule has 10 nitrogen and oxygen atoms in total. The number of nitrogens with zero attached hydrogens (tertiary/aromatic N) is 6. The predicted octanol–water partition coefficient (Wildman–Crippen LogP) is 1.54. The van der Waals surface area contributed by atoms with Gasteiger partial charge in [0.1, 0.15) is 0 Å². The van der Waals surface area contributed by atoms with Crippen LogP contribution >= 0.6 is 0 Å². The number of aliphatic hydroxyl groups excluding tert-OH is 1. The number of piperazine rings is 1. The molecule has 0 spiro atoms. The van der Waals surface area contributed by atoms with Gasteiger partial charge in [0.25, 0.3) is 0 Å². The SMILES string of the molecule is CC(=O)N1CCN(C[C@H](O)CN2C3=CC(N(C)C(=O)n4c(=O)n(C(C)C)c5ccccc54)CC2C3)CC1. The maximum Gasteiger partial charge on any atom is 0.337 e. The van der Waals surface area contributed by atoms with Crippen molar-refractivity contribution in [1.29, 1.82) is 0 Å². The van der Waals surface area contributed by atoms with Crippen LogP contribution in [0.1, 0.15) is 39.7 Å². The lowest BCUT2D eigenvalue weighted by Gasteiger charge is -2.52. The number of benzene rings is 1. The monoisotopic (exact) mass is 510 g/mol. The Morgan fingerprint density at radius 1 is 1.08 bits per heavy atom. The minimum Gasteiger partial charge on any atom is -0.390 e. The van der Waals surface area contributed by atoms with Crippen molar-refractivity contribution in [3.63, 3.8) is 0 Å². The largest absolute Gasteiger partial charge is 0.390 e. The zero-order valence-corrected chi connectivity index (χ0v) is 22.2. The van der Waals surface area contributed by atoms with E-state index in [0.29, 0.717) is 31.7 Å². The molecule has 3 aliphatic heterocycles. The molecule has 3 atom stereocenters. The number of aliphatic hydroxyl groups is 1. The number of rotatable bonds is 6. The molecule has 10 heteroatoms. The standard InChI is InChI=1S/C27H38N6O4/c1-18(2)32-24-7-5-6-8-25(24)33(27(32)37)26(36)28(4)20-13-21-15-22(14-20)31(21)17-23(35)16-29-9-11-30(12-10-29)19(3)34/h5-8,13,18,20,22-23,35H,9-12,14-17H2,1-4H3/t20?,22?,23-/m0/s1. The highest BCUT2D eigenvalue weighted by atomic mass is 16.3. The summed E-state index contributed by atoms with van der Waals surface area (Å²) in [5.41, 5.74) is 2.23. The van der Waals surface area contributed by atoms with E-state index in [-0.39, 0.29) is 35.8 Å². The summed E-state index contributed by atoms with van der Waals surface area (Å²) in [5.74, 6) is 0.106. The summed E-state index contributed by atoms with van der Waals surface area (Å²) in [5, 5.41) is 10.8. The van der Waals surface area contributed by atoms with Gasteiger partial charge in [-0.2, -0.15) is 0 Å². The lowest BCUT2D eigenvalue weighted by atomic mass is 9.84. The van der Waals surface area contributed by atoms with E-state index in [1.54, 1.807) is 23.4 Å². The number of carbonyl (C=O) groups is 2. The van der Waals surface area contributed by atoms with Gasteiger partial charge in [-0.1, -0.05) is 12.1 Å². The van der Waals surface area contributed by atoms with Crippen LogP contribution in [0, 0.1) is 0 Å². The van der Waals surface area contributed by atoms with Crippen LogP contribution in [0.3, 0.4) is 0 Å². The molecule has 6 rings (SSSR count). The second kappa shape index (κ2) is 9.98. The number of hydrogen-bond donors (Lipinski definition) is 1. The average Bonchev–Trinajstić information content (AvgIpc) is 3.18. The van der Waals surface area contributed by atoms with Crippen LogP contribution in [0.25, 0.3) is 11.0 Å². The molecule has 2 unspecified atom stereocenters. The Hall–Kier alpha value is -3.11. The molecule has 2 bridgehead atoms. The Kier molecular flexibility index (Phi) is 6.89. The Balaban J connectivity index is 1.23. The molecule has 37 heavy (non-hydrogen) atoms. The van der Waals surface area contributed by atoms with Crippen LogP contribution in [0.15, 0.2) is 40.8 Å². The molecule has 1 aliphatic carbocycles. The molecular weight excluding hydrogens is 472 g/mol. The van der Waals surface area contributed by atoms with Gasteiger partial charge in [0, 0.05) is 77.4 Å². The van der Waals surface area contributed by atoms with Crippen LogP contribution in [0.2, 0.25) is 0 Å². The van der Waals surface area contributed by atoms with Crippen molar-refractivity contribution in [3.05, 3.63) is 46.5 Å². The van der Waals surface area contributed by atoms with Gasteiger partial charge in [0.2, 0.25) is 5.91 Å². The maximum atomic E-state index is 13.5. The van der Waals surface area contributed by atoms with E-state index in [4.69, 9.17) is 0 Å². The second-order valence-electron chi connectivity index (χ2n) is 10.9. The third kappa shape index (κ3) is 4.68. The Morgan fingerprint density at radius 3 is 2.35 bits per heavy atom. The first-order chi connectivity index (χ1) is 17.7. The van der Waals surface area contributed by atoms with Gasteiger partial charge in [-0.25, -0.2) is 14.2 Å². The number of hydrogen-bond acceptors (Lipinski definition) is 6. The summed E-state index contributed by atoms with van der Waals surface area (Å²) >= 11 is 0. The molecule has 0 saturated carbocycles. The van der Waals surface area contributed by atoms with Crippen molar-refractivity contribution in [2.45, 2.75) is 57.8 Å². The van der Waals surface area contributed by atoms with Crippen molar-refractivity contribution in [3.8, 4) is 0 Å². The lowest BCUT2D eigenvalue weighted by molar-refractivity contribution is -0.130. The van der Waals surface area contributed by atoms with Gasteiger partial charge in [-0.05, 0) is 38.5 Å². The minimum absolute atomic E-state index is 0.0563. The number of aromatic nitrogens is 2. The number of likely N-dealkylation sites (N-methyl/N-ethyl adjacent to an activating group) is 1. The van der Waals surface area contributed by atoms with Gasteiger partial charge in [-0.3, -0.25) is 14.3 Å². The first kappa shape index (κ1) is 25.5. The van der Waals surface area contributed by atoms with E-state index in [2.05, 4.69) is 15.9 Å². The van der Waals surface area contributed by atoms with Gasteiger partial charge < -0.3 is 19.8 Å². The number of amides is 2. The van der Waals surface area contributed by atoms with Crippen molar-refractivity contribution in [2.75, 3.05) is 46.3 Å². The number of β-amino-alcohol motifs (C(OH)–C–C–N with tert-alkyl or cyclic N) is 1. The van der Waals surface area contributed by atoms with Crippen molar-refractivity contribution < 1.29 is 14.7 Å². The summed E-state index contributed by atoms with van der Waals surface area (Å²) in [4.78, 5) is 46.3.